The van der Waals surface area contributed by atoms with Gasteiger partial charge in [0, 0.05) is 43.6 Å². The molecule has 0 unspecified atom stereocenters. The molecule has 1 atom stereocenters. The smallest absolute Gasteiger partial charge is 0.228 e. The second-order valence-corrected chi connectivity index (χ2v) is 5.76. The van der Waals surface area contributed by atoms with Crippen LogP contribution in [0.1, 0.15) is 18.9 Å². The lowest BCUT2D eigenvalue weighted by atomic mass is 10.2. The number of hydrogen-bond acceptors (Lipinski definition) is 3. The quantitative estimate of drug-likeness (QED) is 0.885. The highest BCUT2D eigenvalue weighted by Gasteiger charge is 2.23. The van der Waals surface area contributed by atoms with Crippen molar-refractivity contribution in [2.45, 2.75) is 32.4 Å². The molecule has 1 N–H and O–H groups in total. The van der Waals surface area contributed by atoms with Crippen molar-refractivity contribution < 1.29 is 4.79 Å². The summed E-state index contributed by atoms with van der Waals surface area (Å²) in [6.45, 7) is 4.42. The molecule has 22 heavy (non-hydrogen) atoms. The molecule has 0 bridgehead atoms. The maximum atomic E-state index is 12.4. The molecule has 1 aliphatic rings. The van der Waals surface area contributed by atoms with Gasteiger partial charge >= 0.3 is 0 Å². The van der Waals surface area contributed by atoms with Crippen LogP contribution in [0.25, 0.3) is 0 Å². The first-order valence-electron chi connectivity index (χ1n) is 7.83. The van der Waals surface area contributed by atoms with E-state index < -0.39 is 0 Å². The van der Waals surface area contributed by atoms with Crippen LogP contribution < -0.4 is 10.2 Å². The summed E-state index contributed by atoms with van der Waals surface area (Å²) in [6, 6.07) is 10.4. The van der Waals surface area contributed by atoms with Gasteiger partial charge in [0.1, 0.15) is 0 Å². The Morgan fingerprint density at radius 1 is 1.36 bits per heavy atom. The van der Waals surface area contributed by atoms with Crippen LogP contribution in [-0.2, 0) is 17.8 Å². The molecule has 0 saturated heterocycles. The molecule has 2 heterocycles. The molecule has 2 aromatic rings. The number of benzene rings is 1. The lowest BCUT2D eigenvalue weighted by Crippen LogP contribution is -2.36. The van der Waals surface area contributed by atoms with Crippen molar-refractivity contribution >= 4 is 11.6 Å². The van der Waals surface area contributed by atoms with Crippen molar-refractivity contribution in [2.75, 3.05) is 18.0 Å². The monoisotopic (exact) mass is 298 g/mol. The number of amides is 1. The van der Waals surface area contributed by atoms with E-state index in [1.807, 2.05) is 40.0 Å². The molecule has 1 aromatic carbocycles. The molecular weight excluding hydrogens is 276 g/mol. The van der Waals surface area contributed by atoms with Crippen LogP contribution in [0.15, 0.2) is 42.7 Å². The molecule has 116 valence electrons. The van der Waals surface area contributed by atoms with Gasteiger partial charge in [-0.2, -0.15) is 5.10 Å². The van der Waals surface area contributed by atoms with Gasteiger partial charge in [-0.3, -0.25) is 9.48 Å². The van der Waals surface area contributed by atoms with Crippen LogP contribution in [0.3, 0.4) is 0 Å². The normalized spacial score (nSPS) is 14.9. The maximum Gasteiger partial charge on any atom is 0.228 e. The Balaban J connectivity index is 1.45. The van der Waals surface area contributed by atoms with Crippen LogP contribution in [-0.4, -0.2) is 34.8 Å². The number of rotatable bonds is 6. The zero-order chi connectivity index (χ0) is 15.4. The molecule has 1 aliphatic heterocycles. The SMILES string of the molecule is C[C@@H](Cn1cccn1)NCCC(=O)N1CCc2ccccc21. The fraction of sp³-hybridized carbons (Fsp3) is 0.412. The van der Waals surface area contributed by atoms with Gasteiger partial charge in [-0.15, -0.1) is 0 Å². The van der Waals surface area contributed by atoms with E-state index in [-0.39, 0.29) is 5.91 Å². The Morgan fingerprint density at radius 2 is 2.23 bits per heavy atom. The summed E-state index contributed by atoms with van der Waals surface area (Å²) in [5, 5.41) is 7.58. The summed E-state index contributed by atoms with van der Waals surface area (Å²) in [4.78, 5) is 14.3. The largest absolute Gasteiger partial charge is 0.312 e. The molecule has 5 heteroatoms. The van der Waals surface area contributed by atoms with Gasteiger partial charge in [-0.25, -0.2) is 0 Å². The first-order chi connectivity index (χ1) is 10.7. The summed E-state index contributed by atoms with van der Waals surface area (Å²) in [5.41, 5.74) is 2.35. The van der Waals surface area contributed by atoms with Crippen molar-refractivity contribution in [3.8, 4) is 0 Å². The summed E-state index contributed by atoms with van der Waals surface area (Å²) >= 11 is 0. The molecule has 0 aliphatic carbocycles. The van der Waals surface area contributed by atoms with Crippen LogP contribution in [0.5, 0.6) is 0 Å². The Morgan fingerprint density at radius 3 is 3.05 bits per heavy atom. The van der Waals surface area contributed by atoms with Crippen molar-refractivity contribution in [1.29, 1.82) is 0 Å². The predicted molar refractivity (Wildman–Crippen MR) is 86.8 cm³/mol. The summed E-state index contributed by atoms with van der Waals surface area (Å²) in [6.07, 6.45) is 5.22. The molecule has 1 aromatic heterocycles. The number of carbonyl (C=O) groups excluding carboxylic acids is 1. The minimum atomic E-state index is 0.198. The van der Waals surface area contributed by atoms with E-state index in [4.69, 9.17) is 0 Å². The van der Waals surface area contributed by atoms with Crippen molar-refractivity contribution in [1.82, 2.24) is 15.1 Å². The van der Waals surface area contributed by atoms with E-state index >= 15 is 0 Å². The first-order valence-corrected chi connectivity index (χ1v) is 7.83. The lowest BCUT2D eigenvalue weighted by Gasteiger charge is -2.19. The van der Waals surface area contributed by atoms with E-state index in [9.17, 15) is 4.79 Å². The molecule has 0 radical (unpaired) electrons. The standard InChI is InChI=1S/C17H22N4O/c1-14(13-20-11-4-9-19-20)18-10-7-17(22)21-12-8-15-5-2-3-6-16(15)21/h2-6,9,11,14,18H,7-8,10,12-13H2,1H3/t14-/m0/s1. The minimum absolute atomic E-state index is 0.198. The average Bonchev–Trinajstić information content (AvgIpc) is 3.16. The van der Waals surface area contributed by atoms with Gasteiger partial charge in [0.05, 0.1) is 6.54 Å². The number of nitrogens with one attached hydrogen (secondary N) is 1. The Kier molecular flexibility index (Phi) is 4.53. The van der Waals surface area contributed by atoms with E-state index in [0.29, 0.717) is 19.0 Å². The summed E-state index contributed by atoms with van der Waals surface area (Å²) < 4.78 is 1.90. The molecule has 5 nitrogen and oxygen atoms in total. The Hall–Kier alpha value is -2.14. The molecule has 0 saturated carbocycles. The highest BCUT2D eigenvalue weighted by Crippen LogP contribution is 2.27. The first kappa shape index (κ1) is 14.8. The van der Waals surface area contributed by atoms with Gasteiger partial charge < -0.3 is 10.2 Å². The van der Waals surface area contributed by atoms with Crippen LogP contribution in [0, 0.1) is 0 Å². The van der Waals surface area contributed by atoms with Crippen LogP contribution in [0.4, 0.5) is 5.69 Å². The summed E-state index contributed by atoms with van der Waals surface area (Å²) in [5.74, 6) is 0.198. The second-order valence-electron chi connectivity index (χ2n) is 5.76. The highest BCUT2D eigenvalue weighted by atomic mass is 16.2. The average molecular weight is 298 g/mol. The minimum Gasteiger partial charge on any atom is -0.312 e. The predicted octanol–water partition coefficient (Wildman–Crippen LogP) is 1.84. The number of carbonyl (C=O) groups is 1. The Bertz CT molecular complexity index is 623. The van der Waals surface area contributed by atoms with Gasteiger partial charge in [-0.1, -0.05) is 18.2 Å². The molecular formula is C17H22N4O. The fourth-order valence-electron chi connectivity index (χ4n) is 2.91. The van der Waals surface area contributed by atoms with E-state index in [0.717, 1.165) is 25.2 Å². The fourth-order valence-corrected chi connectivity index (χ4v) is 2.91. The molecule has 0 spiro atoms. The maximum absolute atomic E-state index is 12.4. The number of hydrogen-bond donors (Lipinski definition) is 1. The van der Waals surface area contributed by atoms with Crippen LogP contribution in [0.2, 0.25) is 0 Å². The van der Waals surface area contributed by atoms with E-state index in [1.54, 1.807) is 6.20 Å². The van der Waals surface area contributed by atoms with Crippen molar-refractivity contribution in [3.63, 3.8) is 0 Å². The van der Waals surface area contributed by atoms with Crippen molar-refractivity contribution in [3.05, 3.63) is 48.3 Å². The number of fused-ring (bicyclic) bond motifs is 1. The third-order valence-electron chi connectivity index (χ3n) is 4.04. The third-order valence-corrected chi connectivity index (χ3v) is 4.04. The lowest BCUT2D eigenvalue weighted by molar-refractivity contribution is -0.118. The zero-order valence-corrected chi connectivity index (χ0v) is 12.9. The third kappa shape index (κ3) is 3.36. The molecule has 0 fully saturated rings. The van der Waals surface area contributed by atoms with Gasteiger partial charge in [0.25, 0.3) is 0 Å². The number of aromatic nitrogens is 2. The zero-order valence-electron chi connectivity index (χ0n) is 12.9. The van der Waals surface area contributed by atoms with Crippen molar-refractivity contribution in [2.24, 2.45) is 0 Å². The number of para-hydroxylation sites is 1. The number of anilines is 1. The van der Waals surface area contributed by atoms with Gasteiger partial charge in [0.15, 0.2) is 0 Å². The molecule has 3 rings (SSSR count). The van der Waals surface area contributed by atoms with Crippen LogP contribution >= 0.6 is 0 Å². The summed E-state index contributed by atoms with van der Waals surface area (Å²) in [7, 11) is 0. The molecule has 1 amide bonds. The van der Waals surface area contributed by atoms with Gasteiger partial charge in [0.2, 0.25) is 5.91 Å². The topological polar surface area (TPSA) is 50.2 Å². The number of nitrogens with zero attached hydrogens (tertiary/aromatic N) is 3. The highest BCUT2D eigenvalue weighted by molar-refractivity contribution is 5.95. The van der Waals surface area contributed by atoms with Gasteiger partial charge in [-0.05, 0) is 31.0 Å². The Labute approximate surface area is 130 Å². The second kappa shape index (κ2) is 6.75. The van der Waals surface area contributed by atoms with E-state index in [1.165, 1.54) is 5.56 Å². The van der Waals surface area contributed by atoms with E-state index in [2.05, 4.69) is 23.4 Å².